The van der Waals surface area contributed by atoms with Crippen molar-refractivity contribution in [3.8, 4) is 0 Å². The fourth-order valence-corrected chi connectivity index (χ4v) is 6.19. The Morgan fingerprint density at radius 3 is 1.74 bits per heavy atom. The standard InChI is InChI=1S/C44H78O9/c1-3-5-7-9-11-13-15-16-17-18-19-20-21-22-23-24-26-28-30-32-34-50-36-38(37-51-44-43(49)42(48)41(47)39(35-45)53-44)52-40(46)33-31-29-27-25-14-12-10-8-6-4-2/h5,7,11,13,16-17,19-20,38-39,41-45,47-49H,3-4,6,8-10,12,14-15,18,21-37H2,1-2H3/b7-5-,13-11-,17-16-,20-19-. The maximum Gasteiger partial charge on any atom is 0.306 e. The minimum absolute atomic E-state index is 0.118. The van der Waals surface area contributed by atoms with Crippen molar-refractivity contribution in [1.82, 2.24) is 0 Å². The van der Waals surface area contributed by atoms with Crippen molar-refractivity contribution in [2.45, 2.75) is 198 Å². The highest BCUT2D eigenvalue weighted by Gasteiger charge is 2.44. The molecule has 1 fully saturated rings. The second kappa shape index (κ2) is 35.8. The molecular weight excluding hydrogens is 672 g/mol. The number of unbranched alkanes of at least 4 members (excludes halogenated alkanes) is 16. The average Bonchev–Trinajstić information content (AvgIpc) is 3.16. The fourth-order valence-electron chi connectivity index (χ4n) is 6.19. The van der Waals surface area contributed by atoms with Gasteiger partial charge in [0.1, 0.15) is 30.5 Å². The largest absolute Gasteiger partial charge is 0.457 e. The predicted octanol–water partition coefficient (Wildman–Crippen LogP) is 8.97. The smallest absolute Gasteiger partial charge is 0.306 e. The third-order valence-corrected chi connectivity index (χ3v) is 9.51. The summed E-state index contributed by atoms with van der Waals surface area (Å²) in [5, 5.41) is 40.0. The summed E-state index contributed by atoms with van der Waals surface area (Å²) in [7, 11) is 0. The molecule has 1 saturated heterocycles. The fraction of sp³-hybridized carbons (Fsp3) is 0.795. The maximum atomic E-state index is 12.7. The van der Waals surface area contributed by atoms with Crippen molar-refractivity contribution in [1.29, 1.82) is 0 Å². The van der Waals surface area contributed by atoms with E-state index in [2.05, 4.69) is 62.5 Å². The number of esters is 1. The van der Waals surface area contributed by atoms with Gasteiger partial charge in [-0.3, -0.25) is 4.79 Å². The molecule has 6 unspecified atom stereocenters. The summed E-state index contributed by atoms with van der Waals surface area (Å²) in [4.78, 5) is 12.7. The van der Waals surface area contributed by atoms with Crippen LogP contribution in [0, 0.1) is 0 Å². The molecule has 0 radical (unpaired) electrons. The normalized spacial score (nSPS) is 21.5. The van der Waals surface area contributed by atoms with Gasteiger partial charge in [-0.05, 0) is 51.4 Å². The molecule has 0 bridgehead atoms. The van der Waals surface area contributed by atoms with E-state index < -0.39 is 43.4 Å². The van der Waals surface area contributed by atoms with Gasteiger partial charge in [-0.25, -0.2) is 0 Å². The molecule has 0 aromatic carbocycles. The lowest BCUT2D eigenvalue weighted by Gasteiger charge is -2.39. The summed E-state index contributed by atoms with van der Waals surface area (Å²) in [6.07, 6.45) is 35.7. The lowest BCUT2D eigenvalue weighted by Crippen LogP contribution is -2.59. The van der Waals surface area contributed by atoms with Gasteiger partial charge in [-0.1, -0.05) is 152 Å². The number of rotatable bonds is 35. The molecular formula is C44H78O9. The summed E-state index contributed by atoms with van der Waals surface area (Å²) in [5.74, 6) is -0.322. The van der Waals surface area contributed by atoms with E-state index in [9.17, 15) is 25.2 Å². The number of hydrogen-bond acceptors (Lipinski definition) is 9. The monoisotopic (exact) mass is 751 g/mol. The van der Waals surface area contributed by atoms with Crippen LogP contribution in [0.5, 0.6) is 0 Å². The van der Waals surface area contributed by atoms with Gasteiger partial charge in [-0.15, -0.1) is 0 Å². The van der Waals surface area contributed by atoms with E-state index in [1.165, 1.54) is 70.6 Å². The Kier molecular flexibility index (Phi) is 33.2. The Bertz CT molecular complexity index is 947. The maximum absolute atomic E-state index is 12.7. The molecule has 1 heterocycles. The minimum atomic E-state index is -1.54. The zero-order valence-electron chi connectivity index (χ0n) is 33.5. The molecule has 6 atom stereocenters. The van der Waals surface area contributed by atoms with E-state index in [1.54, 1.807) is 0 Å². The van der Waals surface area contributed by atoms with Gasteiger partial charge in [0.05, 0.1) is 19.8 Å². The topological polar surface area (TPSA) is 135 Å². The van der Waals surface area contributed by atoms with Gasteiger partial charge in [-0.2, -0.15) is 0 Å². The molecule has 0 saturated carbocycles. The highest BCUT2D eigenvalue weighted by atomic mass is 16.7. The Hall–Kier alpha value is -1.85. The van der Waals surface area contributed by atoms with Crippen LogP contribution >= 0.6 is 0 Å². The number of allylic oxidation sites excluding steroid dienone is 8. The van der Waals surface area contributed by atoms with Crippen LogP contribution in [-0.2, 0) is 23.7 Å². The summed E-state index contributed by atoms with van der Waals surface area (Å²) in [5.41, 5.74) is 0. The summed E-state index contributed by atoms with van der Waals surface area (Å²) >= 11 is 0. The Balaban J connectivity index is 2.26. The van der Waals surface area contributed by atoms with Crippen LogP contribution in [0.25, 0.3) is 0 Å². The summed E-state index contributed by atoms with van der Waals surface area (Å²) < 4.78 is 22.7. The van der Waals surface area contributed by atoms with E-state index in [0.29, 0.717) is 13.0 Å². The van der Waals surface area contributed by atoms with Crippen molar-refractivity contribution in [3.05, 3.63) is 48.6 Å². The van der Waals surface area contributed by atoms with Crippen molar-refractivity contribution >= 4 is 5.97 Å². The van der Waals surface area contributed by atoms with Crippen LogP contribution in [-0.4, -0.2) is 89.6 Å². The third-order valence-electron chi connectivity index (χ3n) is 9.51. The summed E-state index contributed by atoms with van der Waals surface area (Å²) in [6.45, 7) is 4.40. The van der Waals surface area contributed by atoms with Crippen molar-refractivity contribution in [2.75, 3.05) is 26.4 Å². The van der Waals surface area contributed by atoms with Crippen LogP contribution in [0.15, 0.2) is 48.6 Å². The molecule has 1 aliphatic heterocycles. The molecule has 0 aromatic rings. The third kappa shape index (κ3) is 27.4. The van der Waals surface area contributed by atoms with Gasteiger partial charge < -0.3 is 39.4 Å². The molecule has 308 valence electrons. The van der Waals surface area contributed by atoms with Gasteiger partial charge in [0.15, 0.2) is 6.29 Å². The van der Waals surface area contributed by atoms with E-state index >= 15 is 0 Å². The zero-order valence-corrected chi connectivity index (χ0v) is 33.5. The molecule has 0 amide bonds. The highest BCUT2D eigenvalue weighted by Crippen LogP contribution is 2.22. The first kappa shape index (κ1) is 49.2. The lowest BCUT2D eigenvalue weighted by atomic mass is 9.99. The molecule has 4 N–H and O–H groups in total. The Morgan fingerprint density at radius 1 is 0.623 bits per heavy atom. The van der Waals surface area contributed by atoms with Crippen LogP contribution in [0.2, 0.25) is 0 Å². The molecule has 53 heavy (non-hydrogen) atoms. The quantitative estimate of drug-likeness (QED) is 0.0285. The van der Waals surface area contributed by atoms with E-state index in [1.807, 2.05) is 0 Å². The molecule has 1 rings (SSSR count). The molecule has 9 heteroatoms. The summed E-state index contributed by atoms with van der Waals surface area (Å²) in [6, 6.07) is 0. The van der Waals surface area contributed by atoms with E-state index in [0.717, 1.165) is 70.6 Å². The van der Waals surface area contributed by atoms with Crippen molar-refractivity contribution in [3.63, 3.8) is 0 Å². The van der Waals surface area contributed by atoms with Crippen molar-refractivity contribution in [2.24, 2.45) is 0 Å². The second-order valence-electron chi connectivity index (χ2n) is 14.4. The van der Waals surface area contributed by atoms with Gasteiger partial charge in [0.25, 0.3) is 0 Å². The molecule has 1 aliphatic rings. The first-order chi connectivity index (χ1) is 25.9. The predicted molar refractivity (Wildman–Crippen MR) is 215 cm³/mol. The first-order valence-electron chi connectivity index (χ1n) is 21.2. The van der Waals surface area contributed by atoms with Crippen molar-refractivity contribution < 1.29 is 44.2 Å². The molecule has 0 spiro atoms. The van der Waals surface area contributed by atoms with E-state index in [-0.39, 0.29) is 19.2 Å². The first-order valence-corrected chi connectivity index (χ1v) is 21.2. The highest BCUT2D eigenvalue weighted by molar-refractivity contribution is 5.69. The SMILES string of the molecule is CC/C=C\C/C=C\C/C=C\C/C=C\CCCCCCCCCOCC(COC1OC(CO)C(O)C(O)C1O)OC(=O)CCCCCCCCCCCC. The Morgan fingerprint density at radius 2 is 1.15 bits per heavy atom. The van der Waals surface area contributed by atoms with Crippen LogP contribution < -0.4 is 0 Å². The van der Waals surface area contributed by atoms with E-state index in [4.69, 9.17) is 18.9 Å². The number of aliphatic hydroxyl groups excluding tert-OH is 4. The van der Waals surface area contributed by atoms with Gasteiger partial charge in [0.2, 0.25) is 0 Å². The molecule has 0 aliphatic carbocycles. The average molecular weight is 751 g/mol. The van der Waals surface area contributed by atoms with Crippen LogP contribution in [0.1, 0.15) is 162 Å². The molecule has 0 aromatic heterocycles. The number of hydrogen-bond donors (Lipinski definition) is 4. The zero-order chi connectivity index (χ0) is 38.6. The molecule has 9 nitrogen and oxygen atoms in total. The minimum Gasteiger partial charge on any atom is -0.457 e. The number of aliphatic hydroxyl groups is 4. The van der Waals surface area contributed by atoms with Gasteiger partial charge >= 0.3 is 5.97 Å². The number of ether oxygens (including phenoxy) is 4. The Labute approximate surface area is 322 Å². The van der Waals surface area contributed by atoms with Gasteiger partial charge in [0, 0.05) is 13.0 Å². The second-order valence-corrected chi connectivity index (χ2v) is 14.4. The number of carbonyl (C=O) groups is 1. The van der Waals surface area contributed by atoms with Crippen LogP contribution in [0.3, 0.4) is 0 Å². The van der Waals surface area contributed by atoms with Crippen LogP contribution in [0.4, 0.5) is 0 Å². The number of carbonyl (C=O) groups excluding carboxylic acids is 1. The lowest BCUT2D eigenvalue weighted by molar-refractivity contribution is -0.305.